The van der Waals surface area contributed by atoms with E-state index in [1.54, 1.807) is 13.8 Å². The van der Waals surface area contributed by atoms with Crippen molar-refractivity contribution < 1.29 is 13.2 Å². The molecule has 9 heteroatoms. The Morgan fingerprint density at radius 3 is 2.58 bits per heavy atom. The average Bonchev–Trinajstić information content (AvgIpc) is 2.98. The van der Waals surface area contributed by atoms with Crippen LogP contribution in [0.3, 0.4) is 0 Å². The number of hydrogen-bond donors (Lipinski definition) is 2. The maximum Gasteiger partial charge on any atom is 0.270 e. The van der Waals surface area contributed by atoms with Crippen LogP contribution in [0.4, 0.5) is 5.13 Å². The molecule has 1 aromatic heterocycles. The third kappa shape index (κ3) is 4.37. The monoisotopic (exact) mass is 368 g/mol. The normalized spacial score (nSPS) is 12.8. The summed E-state index contributed by atoms with van der Waals surface area (Å²) in [6, 6.07) is 5.39. The van der Waals surface area contributed by atoms with Crippen molar-refractivity contribution >= 4 is 32.4 Å². The summed E-state index contributed by atoms with van der Waals surface area (Å²) in [6.07, 6.45) is 0.281. The topological polar surface area (TPSA) is 101 Å². The molecule has 2 rings (SSSR count). The first-order chi connectivity index (χ1) is 11.2. The molecule has 2 aromatic rings. The van der Waals surface area contributed by atoms with Crippen LogP contribution in [0.1, 0.15) is 43.0 Å². The molecule has 1 aromatic carbocycles. The van der Waals surface area contributed by atoms with Crippen LogP contribution in [0.25, 0.3) is 0 Å². The Bertz CT molecular complexity index is 846. The molecule has 0 spiro atoms. The minimum Gasteiger partial charge on any atom is -0.301 e. The Morgan fingerprint density at radius 2 is 1.96 bits per heavy atom. The fourth-order valence-corrected chi connectivity index (χ4v) is 4.13. The van der Waals surface area contributed by atoms with Crippen LogP contribution in [0.15, 0.2) is 22.5 Å². The smallest absolute Gasteiger partial charge is 0.270 e. The van der Waals surface area contributed by atoms with Crippen molar-refractivity contribution in [1.29, 1.82) is 0 Å². The van der Waals surface area contributed by atoms with E-state index < -0.39 is 16.1 Å². The number of nitrogens with zero attached hydrogens (tertiary/aromatic N) is 2. The Morgan fingerprint density at radius 1 is 1.25 bits per heavy atom. The van der Waals surface area contributed by atoms with Gasteiger partial charge in [0.25, 0.3) is 10.0 Å². The zero-order valence-corrected chi connectivity index (χ0v) is 15.6. The van der Waals surface area contributed by atoms with Crippen LogP contribution in [0, 0.1) is 13.8 Å². The summed E-state index contributed by atoms with van der Waals surface area (Å²) in [7, 11) is -3.81. The van der Waals surface area contributed by atoms with Crippen molar-refractivity contribution in [3.63, 3.8) is 0 Å². The summed E-state index contributed by atoms with van der Waals surface area (Å²) in [6.45, 7) is 7.44. The summed E-state index contributed by atoms with van der Waals surface area (Å²) >= 11 is 0.822. The molecule has 0 fully saturated rings. The van der Waals surface area contributed by atoms with Crippen LogP contribution in [0.5, 0.6) is 0 Å². The number of aryl methyl sites for hydroxylation is 2. The molecular weight excluding hydrogens is 348 g/mol. The Labute approximate surface area is 145 Å². The first-order valence-electron chi connectivity index (χ1n) is 7.45. The Balaban J connectivity index is 2.15. The molecule has 7 nitrogen and oxygen atoms in total. The fraction of sp³-hybridized carbons (Fsp3) is 0.400. The van der Waals surface area contributed by atoms with Gasteiger partial charge in [-0.2, -0.15) is 0 Å². The lowest BCUT2D eigenvalue weighted by atomic mass is 10.0. The van der Waals surface area contributed by atoms with Gasteiger partial charge in [0.05, 0.1) is 0 Å². The number of carbonyl (C=O) groups excluding carboxylic acids is 1. The number of aromatic nitrogens is 2. The molecule has 1 amide bonds. The quantitative estimate of drug-likeness (QED) is 0.763. The van der Waals surface area contributed by atoms with Crippen molar-refractivity contribution in [2.45, 2.75) is 44.5 Å². The van der Waals surface area contributed by atoms with Crippen LogP contribution in [-0.4, -0.2) is 24.5 Å². The molecule has 0 radical (unpaired) electrons. The third-order valence-electron chi connectivity index (χ3n) is 3.57. The largest absolute Gasteiger partial charge is 0.301 e. The number of nitrogens with one attached hydrogen (secondary N) is 2. The van der Waals surface area contributed by atoms with E-state index in [4.69, 9.17) is 0 Å². The highest BCUT2D eigenvalue weighted by Gasteiger charge is 2.23. The van der Waals surface area contributed by atoms with Gasteiger partial charge in [-0.25, -0.2) is 13.1 Å². The van der Waals surface area contributed by atoms with Gasteiger partial charge in [0, 0.05) is 12.5 Å². The lowest BCUT2D eigenvalue weighted by Crippen LogP contribution is -2.26. The van der Waals surface area contributed by atoms with E-state index in [-0.39, 0.29) is 21.8 Å². The van der Waals surface area contributed by atoms with Crippen molar-refractivity contribution in [2.24, 2.45) is 0 Å². The maximum atomic E-state index is 12.4. The number of amides is 1. The van der Waals surface area contributed by atoms with Crippen LogP contribution in [-0.2, 0) is 14.8 Å². The zero-order valence-electron chi connectivity index (χ0n) is 14.0. The van der Waals surface area contributed by atoms with E-state index in [1.165, 1.54) is 0 Å². The number of hydrogen-bond acceptors (Lipinski definition) is 6. The van der Waals surface area contributed by atoms with E-state index in [2.05, 4.69) is 20.2 Å². The average molecular weight is 368 g/mol. The van der Waals surface area contributed by atoms with E-state index in [9.17, 15) is 13.2 Å². The number of sulfonamides is 1. The highest BCUT2D eigenvalue weighted by molar-refractivity contribution is 7.91. The second kappa shape index (κ2) is 7.37. The van der Waals surface area contributed by atoms with E-state index >= 15 is 0 Å². The van der Waals surface area contributed by atoms with E-state index in [0.29, 0.717) is 0 Å². The van der Waals surface area contributed by atoms with Gasteiger partial charge >= 0.3 is 0 Å². The van der Waals surface area contributed by atoms with Gasteiger partial charge in [-0.05, 0) is 37.5 Å². The van der Waals surface area contributed by atoms with Crippen molar-refractivity contribution in [3.8, 4) is 0 Å². The number of carbonyl (C=O) groups is 1. The minimum absolute atomic E-state index is 0.168. The van der Waals surface area contributed by atoms with Gasteiger partial charge in [-0.1, -0.05) is 36.5 Å². The Kier molecular flexibility index (Phi) is 5.68. The van der Waals surface area contributed by atoms with Gasteiger partial charge in [-0.3, -0.25) is 4.79 Å². The van der Waals surface area contributed by atoms with E-state index in [1.807, 2.05) is 32.0 Å². The molecule has 1 heterocycles. The lowest BCUT2D eigenvalue weighted by Gasteiger charge is -2.14. The molecule has 0 aliphatic heterocycles. The first-order valence-corrected chi connectivity index (χ1v) is 9.75. The summed E-state index contributed by atoms with van der Waals surface area (Å²) in [5.74, 6) is -0.244. The summed E-state index contributed by atoms with van der Waals surface area (Å²) in [4.78, 5) is 11.3. The molecule has 0 saturated carbocycles. The van der Waals surface area contributed by atoms with Gasteiger partial charge in [0.2, 0.25) is 15.4 Å². The fourth-order valence-electron chi connectivity index (χ4n) is 1.96. The van der Waals surface area contributed by atoms with Crippen molar-refractivity contribution in [3.05, 3.63) is 34.9 Å². The standard InChI is InChI=1S/C15H20N4O3S2/c1-5-13(20)16-14-17-18-15(23-14)24(21,22)19-11(4)12-7-6-9(2)10(3)8-12/h6-8,11,19H,5H2,1-4H3,(H,16,17,20)/t11-/m1/s1. The Hall–Kier alpha value is -1.84. The van der Waals surface area contributed by atoms with Gasteiger partial charge in [-0.15, -0.1) is 10.2 Å². The predicted octanol–water partition coefficient (Wildman–Crippen LogP) is 2.54. The molecule has 1 atom stereocenters. The zero-order chi connectivity index (χ0) is 17.9. The second-order valence-electron chi connectivity index (χ2n) is 5.46. The lowest BCUT2D eigenvalue weighted by molar-refractivity contribution is -0.115. The number of benzene rings is 1. The molecule has 0 bridgehead atoms. The van der Waals surface area contributed by atoms with Crippen molar-refractivity contribution in [1.82, 2.24) is 14.9 Å². The summed E-state index contributed by atoms with van der Waals surface area (Å²) in [5.41, 5.74) is 3.11. The maximum absolute atomic E-state index is 12.4. The predicted molar refractivity (Wildman–Crippen MR) is 93.5 cm³/mol. The third-order valence-corrected chi connectivity index (χ3v) is 6.31. The van der Waals surface area contributed by atoms with Gasteiger partial charge in [0.1, 0.15) is 0 Å². The SMILES string of the molecule is CCC(=O)Nc1nnc(S(=O)(=O)N[C@H](C)c2ccc(C)c(C)c2)s1. The highest BCUT2D eigenvalue weighted by atomic mass is 32.2. The highest BCUT2D eigenvalue weighted by Crippen LogP contribution is 2.23. The van der Waals surface area contributed by atoms with Crippen molar-refractivity contribution in [2.75, 3.05) is 5.32 Å². The summed E-state index contributed by atoms with van der Waals surface area (Å²) < 4.78 is 27.2. The molecular formula is C15H20N4O3S2. The molecule has 24 heavy (non-hydrogen) atoms. The van der Waals surface area contributed by atoms with Gasteiger partial charge < -0.3 is 5.32 Å². The molecule has 2 N–H and O–H groups in total. The molecule has 0 unspecified atom stereocenters. The molecule has 0 aliphatic rings. The van der Waals surface area contributed by atoms with E-state index in [0.717, 1.165) is 28.0 Å². The minimum atomic E-state index is -3.81. The first kappa shape index (κ1) is 18.5. The second-order valence-corrected chi connectivity index (χ2v) is 8.33. The molecule has 130 valence electrons. The van der Waals surface area contributed by atoms with Crippen LogP contribution in [0.2, 0.25) is 0 Å². The number of rotatable bonds is 6. The molecule has 0 saturated heterocycles. The molecule has 0 aliphatic carbocycles. The van der Waals surface area contributed by atoms with Crippen LogP contribution < -0.4 is 10.0 Å². The van der Waals surface area contributed by atoms with Crippen LogP contribution >= 0.6 is 11.3 Å². The number of anilines is 1. The summed E-state index contributed by atoms with van der Waals surface area (Å²) in [5, 5.41) is 10.0. The van der Waals surface area contributed by atoms with Gasteiger partial charge in [0.15, 0.2) is 0 Å².